The van der Waals surface area contributed by atoms with E-state index in [1.54, 1.807) is 0 Å². The second kappa shape index (κ2) is 5.20. The lowest BCUT2D eigenvalue weighted by Gasteiger charge is -2.21. The number of hydrogen-bond donors (Lipinski definition) is 1. The quantitative estimate of drug-likeness (QED) is 0.487. The number of oxime groups is 1. The van der Waals surface area contributed by atoms with E-state index in [2.05, 4.69) is 9.99 Å². The highest BCUT2D eigenvalue weighted by molar-refractivity contribution is 6.72. The molecule has 116 valence electrons. The number of nitrogens with one attached hydrogen (secondary N) is 1. The van der Waals surface area contributed by atoms with E-state index in [9.17, 15) is 31.9 Å². The van der Waals surface area contributed by atoms with Crippen LogP contribution in [0.25, 0.3) is 0 Å². The molecule has 0 aliphatic carbocycles. The number of halogens is 4. The molecule has 0 spiro atoms. The Morgan fingerprint density at radius 3 is 2.45 bits per heavy atom. The zero-order chi connectivity index (χ0) is 16.7. The van der Waals surface area contributed by atoms with Crippen molar-refractivity contribution in [1.82, 2.24) is 0 Å². The van der Waals surface area contributed by atoms with E-state index in [0.29, 0.717) is 6.07 Å². The first-order chi connectivity index (χ1) is 10.1. The van der Waals surface area contributed by atoms with Gasteiger partial charge in [-0.1, -0.05) is 5.16 Å². The van der Waals surface area contributed by atoms with Gasteiger partial charge in [-0.2, -0.15) is 13.2 Å². The molecule has 2 rings (SSSR count). The number of benzene rings is 1. The molecule has 0 saturated heterocycles. The largest absolute Gasteiger partial charge is 0.420 e. The maximum absolute atomic E-state index is 13.5. The molecule has 0 aromatic heterocycles. The first-order valence-electron chi connectivity index (χ1n) is 5.64. The minimum absolute atomic E-state index is 0.476. The molecule has 1 aromatic rings. The van der Waals surface area contributed by atoms with Crippen molar-refractivity contribution in [3.63, 3.8) is 0 Å². The van der Waals surface area contributed by atoms with E-state index < -0.39 is 52.2 Å². The Labute approximate surface area is 119 Å². The number of carbonyl (C=O) groups excluding carboxylic acids is 3. The monoisotopic (exact) mass is 318 g/mol. The van der Waals surface area contributed by atoms with Crippen molar-refractivity contribution in [1.29, 1.82) is 0 Å². The van der Waals surface area contributed by atoms with Crippen molar-refractivity contribution in [2.24, 2.45) is 5.16 Å². The van der Waals surface area contributed by atoms with Gasteiger partial charge in [0.15, 0.2) is 0 Å². The summed E-state index contributed by atoms with van der Waals surface area (Å²) in [5.41, 5.74) is -4.52. The van der Waals surface area contributed by atoms with E-state index >= 15 is 0 Å². The van der Waals surface area contributed by atoms with Gasteiger partial charge in [0.2, 0.25) is 11.5 Å². The zero-order valence-corrected chi connectivity index (χ0v) is 10.7. The van der Waals surface area contributed by atoms with Gasteiger partial charge in [-0.05, 0) is 12.1 Å². The van der Waals surface area contributed by atoms with Crippen LogP contribution >= 0.6 is 0 Å². The summed E-state index contributed by atoms with van der Waals surface area (Å²) in [5, 5.41) is 4.87. The molecule has 1 heterocycles. The number of hydrogen-bond acceptors (Lipinski definition) is 5. The Hall–Kier alpha value is -2.78. The minimum Gasteiger partial charge on any atom is -0.320 e. The third kappa shape index (κ3) is 2.67. The lowest BCUT2D eigenvalue weighted by atomic mass is 9.94. The molecule has 0 fully saturated rings. The lowest BCUT2D eigenvalue weighted by Crippen LogP contribution is -2.38. The molecule has 1 aliphatic rings. The van der Waals surface area contributed by atoms with Crippen LogP contribution in [0, 0.1) is 5.82 Å². The van der Waals surface area contributed by atoms with Gasteiger partial charge in [-0.15, -0.1) is 0 Å². The Bertz CT molecular complexity index is 725. The Balaban J connectivity index is 2.65. The van der Waals surface area contributed by atoms with Crippen LogP contribution < -0.4 is 5.32 Å². The summed E-state index contributed by atoms with van der Waals surface area (Å²) in [6, 6.07) is 1.29. The van der Waals surface area contributed by atoms with Gasteiger partial charge in [0, 0.05) is 6.92 Å². The number of nitrogens with zero attached hydrogens (tertiary/aromatic N) is 1. The summed E-state index contributed by atoms with van der Waals surface area (Å²) < 4.78 is 52.2. The molecule has 6 nitrogen and oxygen atoms in total. The van der Waals surface area contributed by atoms with E-state index in [-0.39, 0.29) is 0 Å². The van der Waals surface area contributed by atoms with Crippen LogP contribution in [0.2, 0.25) is 0 Å². The highest BCUT2D eigenvalue weighted by atomic mass is 19.4. The Morgan fingerprint density at radius 1 is 1.27 bits per heavy atom. The summed E-state index contributed by atoms with van der Waals surface area (Å²) in [6.07, 6.45) is -5.17. The number of anilines is 1. The van der Waals surface area contributed by atoms with E-state index in [4.69, 9.17) is 0 Å². The average molecular weight is 318 g/mol. The van der Waals surface area contributed by atoms with Crippen molar-refractivity contribution in [2.75, 3.05) is 5.32 Å². The van der Waals surface area contributed by atoms with Gasteiger partial charge < -0.3 is 10.2 Å². The molecular formula is C12H6F4N2O4. The third-order valence-electron chi connectivity index (χ3n) is 2.61. The van der Waals surface area contributed by atoms with Crippen LogP contribution in [0.1, 0.15) is 22.8 Å². The fourth-order valence-corrected chi connectivity index (χ4v) is 1.79. The molecule has 1 amide bonds. The third-order valence-corrected chi connectivity index (χ3v) is 2.61. The predicted octanol–water partition coefficient (Wildman–Crippen LogP) is 1.90. The number of carbonyl (C=O) groups is 3. The summed E-state index contributed by atoms with van der Waals surface area (Å²) in [5.74, 6) is -5.33. The fraction of sp³-hybridized carbons (Fsp3) is 0.167. The van der Waals surface area contributed by atoms with Crippen LogP contribution in [0.4, 0.5) is 23.2 Å². The maximum Gasteiger partial charge on any atom is 0.420 e. The Morgan fingerprint density at radius 2 is 1.91 bits per heavy atom. The molecule has 0 atom stereocenters. The summed E-state index contributed by atoms with van der Waals surface area (Å²) in [6.45, 7) is 0.907. The predicted molar refractivity (Wildman–Crippen MR) is 63.6 cm³/mol. The first-order valence-corrected chi connectivity index (χ1v) is 5.64. The molecule has 1 aromatic carbocycles. The Kier molecular flexibility index (Phi) is 3.69. The highest BCUT2D eigenvalue weighted by Crippen LogP contribution is 2.38. The standard InChI is InChI=1S/C12H6F4N2O4/c1-4(19)22-18-9-10(20)7-6(17-11(9)21)3-2-5(13)8(7)12(14,15)16/h2-3H,1H3,(H,17,21). The number of alkyl halides is 3. The molecule has 22 heavy (non-hydrogen) atoms. The second-order valence-electron chi connectivity index (χ2n) is 4.15. The van der Waals surface area contributed by atoms with Gasteiger partial charge in [0.05, 0.1) is 11.3 Å². The molecule has 1 aliphatic heterocycles. The van der Waals surface area contributed by atoms with Gasteiger partial charge in [0.1, 0.15) is 11.4 Å². The molecule has 1 N–H and O–H groups in total. The maximum atomic E-state index is 13.5. The minimum atomic E-state index is -5.17. The topological polar surface area (TPSA) is 84.8 Å². The van der Waals surface area contributed by atoms with Crippen LogP contribution in [0.5, 0.6) is 0 Å². The number of amides is 1. The molecule has 0 radical (unpaired) electrons. The van der Waals surface area contributed by atoms with Gasteiger partial charge in [0.25, 0.3) is 5.91 Å². The second-order valence-corrected chi connectivity index (χ2v) is 4.15. The van der Waals surface area contributed by atoms with Crippen molar-refractivity contribution < 1.29 is 36.8 Å². The summed E-state index contributed by atoms with van der Waals surface area (Å²) >= 11 is 0. The smallest absolute Gasteiger partial charge is 0.320 e. The molecule has 0 unspecified atom stereocenters. The lowest BCUT2D eigenvalue weighted by molar-refractivity contribution is -0.141. The first kappa shape index (κ1) is 15.6. The van der Waals surface area contributed by atoms with Crippen molar-refractivity contribution in [3.8, 4) is 0 Å². The molecule has 0 saturated carbocycles. The van der Waals surface area contributed by atoms with Crippen LogP contribution in [-0.4, -0.2) is 23.4 Å². The van der Waals surface area contributed by atoms with Crippen molar-refractivity contribution >= 4 is 29.1 Å². The highest BCUT2D eigenvalue weighted by Gasteiger charge is 2.44. The number of fused-ring (bicyclic) bond motifs is 1. The normalized spacial score (nSPS) is 16.3. The van der Waals surface area contributed by atoms with Gasteiger partial charge in [-0.3, -0.25) is 9.59 Å². The molecule has 10 heteroatoms. The average Bonchev–Trinajstić information content (AvgIpc) is 2.37. The fourth-order valence-electron chi connectivity index (χ4n) is 1.79. The number of ketones is 1. The summed E-state index contributed by atoms with van der Waals surface area (Å²) in [7, 11) is 0. The van der Waals surface area contributed by atoms with Crippen molar-refractivity contribution in [3.05, 3.63) is 29.1 Å². The van der Waals surface area contributed by atoms with Crippen LogP contribution in [-0.2, 0) is 20.6 Å². The van der Waals surface area contributed by atoms with Crippen LogP contribution in [0.3, 0.4) is 0 Å². The van der Waals surface area contributed by atoms with E-state index in [0.717, 1.165) is 13.0 Å². The van der Waals surface area contributed by atoms with Gasteiger partial charge >= 0.3 is 12.1 Å². The van der Waals surface area contributed by atoms with E-state index in [1.165, 1.54) is 0 Å². The van der Waals surface area contributed by atoms with Crippen molar-refractivity contribution in [2.45, 2.75) is 13.1 Å². The summed E-state index contributed by atoms with van der Waals surface area (Å²) in [4.78, 5) is 38.3. The molecule has 0 bridgehead atoms. The van der Waals surface area contributed by atoms with Crippen LogP contribution in [0.15, 0.2) is 17.3 Å². The molecular weight excluding hydrogens is 312 g/mol. The van der Waals surface area contributed by atoms with E-state index in [1.807, 2.05) is 5.32 Å². The van der Waals surface area contributed by atoms with Gasteiger partial charge in [-0.25, -0.2) is 9.18 Å². The SMILES string of the molecule is CC(=O)ON=C1C(=O)Nc2ccc(F)c(C(F)(F)F)c2C1=O. The zero-order valence-electron chi connectivity index (χ0n) is 10.7. The number of rotatable bonds is 1. The number of Topliss-reactive ketones (excluding diaryl/α,β-unsaturated/α-hetero) is 1.